The smallest absolute Gasteiger partial charge is 0.205 e. The molecule has 2 aromatic carbocycles. The standard InChI is InChI=1S/C16H12N2O2/c17-9-13-15(10-4-2-1-3-5-10)12-7-6-11(19)8-14(12)20-16(13)18/h1-8,15,19H,18H2/t15-/m1/s1. The van der Waals surface area contributed by atoms with Crippen molar-refractivity contribution in [1.82, 2.24) is 0 Å². The van der Waals surface area contributed by atoms with Crippen LogP contribution in [0.3, 0.4) is 0 Å². The summed E-state index contributed by atoms with van der Waals surface area (Å²) in [6, 6.07) is 16.6. The summed E-state index contributed by atoms with van der Waals surface area (Å²) in [4.78, 5) is 0. The number of fused-ring (bicyclic) bond motifs is 1. The number of hydrogen-bond donors (Lipinski definition) is 2. The number of nitrogens with zero attached hydrogens (tertiary/aromatic N) is 1. The van der Waals surface area contributed by atoms with Gasteiger partial charge in [-0.1, -0.05) is 36.4 Å². The van der Waals surface area contributed by atoms with Gasteiger partial charge >= 0.3 is 0 Å². The molecule has 2 aromatic rings. The maximum Gasteiger partial charge on any atom is 0.205 e. The molecule has 0 fully saturated rings. The highest BCUT2D eigenvalue weighted by atomic mass is 16.5. The molecular formula is C16H12N2O2. The number of aromatic hydroxyl groups is 1. The van der Waals surface area contributed by atoms with Crippen LogP contribution in [0.4, 0.5) is 0 Å². The lowest BCUT2D eigenvalue weighted by atomic mass is 9.83. The average molecular weight is 264 g/mol. The van der Waals surface area contributed by atoms with Crippen molar-refractivity contribution in [2.24, 2.45) is 5.73 Å². The van der Waals surface area contributed by atoms with Crippen molar-refractivity contribution in [2.75, 3.05) is 0 Å². The van der Waals surface area contributed by atoms with Gasteiger partial charge in [-0.15, -0.1) is 0 Å². The van der Waals surface area contributed by atoms with Gasteiger partial charge in [0.2, 0.25) is 5.88 Å². The minimum absolute atomic E-state index is 0.0828. The zero-order valence-electron chi connectivity index (χ0n) is 10.6. The number of phenolic OH excluding ortho intramolecular Hbond substituents is 1. The van der Waals surface area contributed by atoms with Crippen molar-refractivity contribution in [1.29, 1.82) is 5.26 Å². The zero-order valence-corrected chi connectivity index (χ0v) is 10.6. The second-order valence-electron chi connectivity index (χ2n) is 4.56. The Bertz CT molecular complexity index is 730. The Morgan fingerprint density at radius 2 is 1.90 bits per heavy atom. The van der Waals surface area contributed by atoms with Crippen LogP contribution in [-0.4, -0.2) is 5.11 Å². The van der Waals surface area contributed by atoms with Crippen molar-refractivity contribution in [3.05, 3.63) is 71.1 Å². The van der Waals surface area contributed by atoms with Crippen molar-refractivity contribution >= 4 is 0 Å². The number of rotatable bonds is 1. The molecule has 3 rings (SSSR count). The third-order valence-electron chi connectivity index (χ3n) is 3.34. The minimum atomic E-state index is -0.273. The summed E-state index contributed by atoms with van der Waals surface area (Å²) in [6.07, 6.45) is 0. The molecule has 0 bridgehead atoms. The van der Waals surface area contributed by atoms with Crippen LogP contribution in [0.5, 0.6) is 11.5 Å². The first-order valence-corrected chi connectivity index (χ1v) is 6.16. The van der Waals surface area contributed by atoms with E-state index in [1.807, 2.05) is 30.3 Å². The normalized spacial score (nSPS) is 17.1. The van der Waals surface area contributed by atoms with Crippen molar-refractivity contribution in [2.45, 2.75) is 5.92 Å². The van der Waals surface area contributed by atoms with Crippen LogP contribution in [0.15, 0.2) is 60.0 Å². The van der Waals surface area contributed by atoms with E-state index in [-0.39, 0.29) is 17.6 Å². The SMILES string of the molecule is N#CC1=C(N)Oc2cc(O)ccc2[C@H]1c1ccccc1. The van der Waals surface area contributed by atoms with Gasteiger partial charge in [-0.3, -0.25) is 0 Å². The van der Waals surface area contributed by atoms with Crippen molar-refractivity contribution in [3.63, 3.8) is 0 Å². The van der Waals surface area contributed by atoms with Gasteiger partial charge in [0.15, 0.2) is 0 Å². The summed E-state index contributed by atoms with van der Waals surface area (Å²) in [5, 5.41) is 18.9. The average Bonchev–Trinajstić information content (AvgIpc) is 2.46. The molecule has 0 unspecified atom stereocenters. The van der Waals surface area contributed by atoms with E-state index >= 15 is 0 Å². The van der Waals surface area contributed by atoms with Crippen molar-refractivity contribution < 1.29 is 9.84 Å². The number of hydrogen-bond acceptors (Lipinski definition) is 4. The Morgan fingerprint density at radius 3 is 2.60 bits per heavy atom. The highest BCUT2D eigenvalue weighted by Crippen LogP contribution is 2.42. The van der Waals surface area contributed by atoms with E-state index in [4.69, 9.17) is 10.5 Å². The third kappa shape index (κ3) is 1.86. The van der Waals surface area contributed by atoms with Crippen LogP contribution >= 0.6 is 0 Å². The fourth-order valence-corrected chi connectivity index (χ4v) is 2.43. The van der Waals surface area contributed by atoms with Crippen LogP contribution in [-0.2, 0) is 0 Å². The Hall–Kier alpha value is -2.93. The van der Waals surface area contributed by atoms with Crippen molar-refractivity contribution in [3.8, 4) is 17.6 Å². The molecule has 1 aliphatic rings. The Morgan fingerprint density at radius 1 is 1.15 bits per heavy atom. The van der Waals surface area contributed by atoms with E-state index in [1.165, 1.54) is 6.07 Å². The molecule has 0 amide bonds. The van der Waals surface area contributed by atoms with Gasteiger partial charge in [0, 0.05) is 11.6 Å². The Labute approximate surface area is 116 Å². The molecule has 4 heteroatoms. The quantitative estimate of drug-likeness (QED) is 0.829. The lowest BCUT2D eigenvalue weighted by Crippen LogP contribution is -2.20. The molecular weight excluding hydrogens is 252 g/mol. The van der Waals surface area contributed by atoms with Gasteiger partial charge in [0.05, 0.1) is 5.92 Å². The largest absolute Gasteiger partial charge is 0.508 e. The van der Waals surface area contributed by atoms with Crippen LogP contribution in [0.1, 0.15) is 17.0 Å². The van der Waals surface area contributed by atoms with Crippen LogP contribution in [0.25, 0.3) is 0 Å². The first-order valence-electron chi connectivity index (χ1n) is 6.16. The monoisotopic (exact) mass is 264 g/mol. The highest BCUT2D eigenvalue weighted by Gasteiger charge is 2.30. The fourth-order valence-electron chi connectivity index (χ4n) is 2.43. The lowest BCUT2D eigenvalue weighted by Gasteiger charge is -2.26. The van der Waals surface area contributed by atoms with E-state index in [2.05, 4.69) is 6.07 Å². The number of benzene rings is 2. The molecule has 4 nitrogen and oxygen atoms in total. The Balaban J connectivity index is 2.23. The maximum absolute atomic E-state index is 9.55. The molecule has 0 saturated heterocycles. The first kappa shape index (κ1) is 12.1. The molecule has 20 heavy (non-hydrogen) atoms. The van der Waals surface area contributed by atoms with Gasteiger partial charge in [0.25, 0.3) is 0 Å². The Kier molecular flexibility index (Phi) is 2.81. The van der Waals surface area contributed by atoms with Crippen LogP contribution in [0.2, 0.25) is 0 Å². The number of nitrogens with two attached hydrogens (primary N) is 1. The summed E-state index contributed by atoms with van der Waals surface area (Å²) in [5.74, 6) is 0.393. The van der Waals surface area contributed by atoms with Gasteiger partial charge in [0.1, 0.15) is 23.1 Å². The zero-order chi connectivity index (χ0) is 14.1. The molecule has 3 N–H and O–H groups in total. The summed E-state index contributed by atoms with van der Waals surface area (Å²) in [6.45, 7) is 0. The molecule has 0 spiro atoms. The predicted molar refractivity (Wildman–Crippen MR) is 73.8 cm³/mol. The minimum Gasteiger partial charge on any atom is -0.508 e. The fraction of sp³-hybridized carbons (Fsp3) is 0.0625. The second kappa shape index (κ2) is 4.63. The summed E-state index contributed by atoms with van der Waals surface area (Å²) >= 11 is 0. The van der Waals surface area contributed by atoms with Gasteiger partial charge in [-0.05, 0) is 11.6 Å². The van der Waals surface area contributed by atoms with E-state index in [0.29, 0.717) is 11.3 Å². The molecule has 1 atom stereocenters. The maximum atomic E-state index is 9.55. The topological polar surface area (TPSA) is 79.3 Å². The molecule has 0 aromatic heterocycles. The molecule has 98 valence electrons. The van der Waals surface area contributed by atoms with E-state index in [1.54, 1.807) is 12.1 Å². The number of allylic oxidation sites excluding steroid dienone is 1. The third-order valence-corrected chi connectivity index (χ3v) is 3.34. The number of phenols is 1. The number of ether oxygens (including phenoxy) is 1. The van der Waals surface area contributed by atoms with Crippen LogP contribution in [0, 0.1) is 11.3 Å². The predicted octanol–water partition coefficient (Wildman–Crippen LogP) is 2.61. The molecule has 0 radical (unpaired) electrons. The molecule has 1 aliphatic heterocycles. The van der Waals surface area contributed by atoms with E-state index in [9.17, 15) is 10.4 Å². The second-order valence-corrected chi connectivity index (χ2v) is 4.56. The van der Waals surface area contributed by atoms with E-state index < -0.39 is 0 Å². The van der Waals surface area contributed by atoms with Gasteiger partial charge in [-0.2, -0.15) is 5.26 Å². The summed E-state index contributed by atoms with van der Waals surface area (Å²) in [7, 11) is 0. The summed E-state index contributed by atoms with van der Waals surface area (Å²) < 4.78 is 5.44. The number of nitriles is 1. The van der Waals surface area contributed by atoms with Gasteiger partial charge < -0.3 is 15.6 Å². The molecule has 1 heterocycles. The van der Waals surface area contributed by atoms with Gasteiger partial charge in [-0.25, -0.2) is 0 Å². The van der Waals surface area contributed by atoms with E-state index in [0.717, 1.165) is 11.1 Å². The molecule has 0 aliphatic carbocycles. The first-order chi connectivity index (χ1) is 9.70. The van der Waals surface area contributed by atoms with Crippen LogP contribution < -0.4 is 10.5 Å². The summed E-state index contributed by atoms with van der Waals surface area (Å²) in [5.41, 5.74) is 8.00. The molecule has 0 saturated carbocycles. The highest BCUT2D eigenvalue weighted by molar-refractivity contribution is 5.56. The lowest BCUT2D eigenvalue weighted by molar-refractivity contribution is 0.388.